The minimum atomic E-state index is -0.0931. The molecule has 20 heavy (non-hydrogen) atoms. The Morgan fingerprint density at radius 3 is 2.75 bits per heavy atom. The second kappa shape index (κ2) is 6.23. The minimum Gasteiger partial charge on any atom is -0.397 e. The Balaban J connectivity index is 1.95. The van der Waals surface area contributed by atoms with E-state index in [1.807, 2.05) is 30.5 Å². The van der Waals surface area contributed by atoms with Crippen molar-refractivity contribution in [2.24, 2.45) is 0 Å². The number of amides is 1. The van der Waals surface area contributed by atoms with Gasteiger partial charge < -0.3 is 15.6 Å². The van der Waals surface area contributed by atoms with Gasteiger partial charge in [0.2, 0.25) is 0 Å². The van der Waals surface area contributed by atoms with Crippen LogP contribution in [-0.4, -0.2) is 22.0 Å². The zero-order valence-corrected chi connectivity index (χ0v) is 11.8. The van der Waals surface area contributed by atoms with E-state index in [1.54, 1.807) is 24.7 Å². The van der Waals surface area contributed by atoms with Crippen LogP contribution in [0, 0.1) is 0 Å². The lowest BCUT2D eigenvalue weighted by Gasteiger charge is -2.12. The first-order valence-electron chi connectivity index (χ1n) is 6.72. The molecule has 3 N–H and O–H groups in total. The molecule has 0 saturated carbocycles. The van der Waals surface area contributed by atoms with Crippen molar-refractivity contribution in [1.29, 1.82) is 0 Å². The number of nitrogens with one attached hydrogen (secondary N) is 1. The van der Waals surface area contributed by atoms with E-state index in [0.717, 1.165) is 12.0 Å². The van der Waals surface area contributed by atoms with Crippen molar-refractivity contribution in [3.8, 4) is 0 Å². The highest BCUT2D eigenvalue weighted by molar-refractivity contribution is 5.93. The average molecular weight is 272 g/mol. The van der Waals surface area contributed by atoms with E-state index in [-0.39, 0.29) is 11.9 Å². The van der Waals surface area contributed by atoms with E-state index >= 15 is 0 Å². The quantitative estimate of drug-likeness (QED) is 0.874. The molecule has 2 heterocycles. The number of carbonyl (C=O) groups excluding carboxylic acids is 1. The van der Waals surface area contributed by atoms with Crippen LogP contribution >= 0.6 is 0 Å². The number of aromatic nitrogens is 2. The molecule has 0 saturated heterocycles. The molecule has 0 spiro atoms. The molecule has 0 aliphatic carbocycles. The third-order valence-electron chi connectivity index (χ3n) is 3.11. The molecule has 0 radical (unpaired) electrons. The zero-order valence-electron chi connectivity index (χ0n) is 11.8. The maximum atomic E-state index is 12.2. The van der Waals surface area contributed by atoms with Gasteiger partial charge in [-0.3, -0.25) is 9.78 Å². The van der Waals surface area contributed by atoms with Crippen molar-refractivity contribution in [2.45, 2.75) is 26.3 Å². The Bertz CT molecular complexity index is 575. The lowest BCUT2D eigenvalue weighted by molar-refractivity contribution is 0.0943. The highest BCUT2D eigenvalue weighted by Gasteiger charge is 2.14. The molecule has 0 aliphatic rings. The third kappa shape index (κ3) is 3.38. The van der Waals surface area contributed by atoms with Crippen LogP contribution in [0.4, 0.5) is 5.69 Å². The lowest BCUT2D eigenvalue weighted by atomic mass is 10.2. The van der Waals surface area contributed by atoms with Gasteiger partial charge in [-0.25, -0.2) is 0 Å². The molecule has 5 heteroatoms. The molecule has 1 amide bonds. The van der Waals surface area contributed by atoms with E-state index < -0.39 is 0 Å². The molecule has 106 valence electrons. The third-order valence-corrected chi connectivity index (χ3v) is 3.11. The monoisotopic (exact) mass is 272 g/mol. The Morgan fingerprint density at radius 1 is 1.40 bits per heavy atom. The fraction of sp³-hybridized carbons (Fsp3) is 0.333. The summed E-state index contributed by atoms with van der Waals surface area (Å²) in [7, 11) is 0. The largest absolute Gasteiger partial charge is 0.397 e. The number of nitrogens with two attached hydrogens (primary N) is 1. The predicted molar refractivity (Wildman–Crippen MR) is 79.5 cm³/mol. The molecule has 0 aliphatic heterocycles. The minimum absolute atomic E-state index is 0.0931. The topological polar surface area (TPSA) is 72.9 Å². The molecule has 2 rings (SSSR count). The second-order valence-corrected chi connectivity index (χ2v) is 5.02. The van der Waals surface area contributed by atoms with Crippen LogP contribution in [0.3, 0.4) is 0 Å². The van der Waals surface area contributed by atoms with E-state index in [1.165, 1.54) is 0 Å². The number of hydrogen-bond acceptors (Lipinski definition) is 3. The lowest BCUT2D eigenvalue weighted by Crippen LogP contribution is -2.28. The summed E-state index contributed by atoms with van der Waals surface area (Å²) in [6.45, 7) is 4.63. The van der Waals surface area contributed by atoms with E-state index in [2.05, 4.69) is 10.3 Å². The van der Waals surface area contributed by atoms with Gasteiger partial charge in [0.05, 0.1) is 5.69 Å². The summed E-state index contributed by atoms with van der Waals surface area (Å²) in [6.07, 6.45) is 6.08. The summed E-state index contributed by atoms with van der Waals surface area (Å²) in [6, 6.07) is 5.80. The molecule has 0 bridgehead atoms. The number of nitrogens with zero attached hydrogens (tertiary/aromatic N) is 2. The van der Waals surface area contributed by atoms with Crippen molar-refractivity contribution in [2.75, 3.05) is 12.3 Å². The molecular weight excluding hydrogens is 252 g/mol. The average Bonchev–Trinajstić information content (AvgIpc) is 2.82. The predicted octanol–water partition coefficient (Wildman–Crippen LogP) is 2.02. The van der Waals surface area contributed by atoms with Gasteiger partial charge in [0.1, 0.15) is 5.69 Å². The van der Waals surface area contributed by atoms with Crippen LogP contribution in [0.1, 0.15) is 35.9 Å². The van der Waals surface area contributed by atoms with Crippen molar-refractivity contribution in [3.63, 3.8) is 0 Å². The van der Waals surface area contributed by atoms with Crippen molar-refractivity contribution < 1.29 is 4.79 Å². The molecule has 2 aromatic heterocycles. The summed E-state index contributed by atoms with van der Waals surface area (Å²) < 4.78 is 1.89. The van der Waals surface area contributed by atoms with Crippen molar-refractivity contribution >= 4 is 11.6 Å². The number of anilines is 1. The van der Waals surface area contributed by atoms with Gasteiger partial charge in [-0.2, -0.15) is 0 Å². The standard InChI is InChI=1S/C15H20N4O/c1-11(2)19-10-13(16)9-14(19)15(20)18-8-5-12-3-6-17-7-4-12/h3-4,6-7,9-11H,5,8,16H2,1-2H3,(H,18,20). The van der Waals surface area contributed by atoms with E-state index in [9.17, 15) is 4.79 Å². The van der Waals surface area contributed by atoms with Crippen molar-refractivity contribution in [3.05, 3.63) is 48.0 Å². The van der Waals surface area contributed by atoms with Crippen LogP contribution in [0.2, 0.25) is 0 Å². The summed E-state index contributed by atoms with van der Waals surface area (Å²) >= 11 is 0. The number of hydrogen-bond donors (Lipinski definition) is 2. The van der Waals surface area contributed by atoms with Gasteiger partial charge in [0.15, 0.2) is 0 Å². The molecule has 0 unspecified atom stereocenters. The first kappa shape index (κ1) is 14.1. The van der Waals surface area contributed by atoms with Crippen molar-refractivity contribution in [1.82, 2.24) is 14.9 Å². The Labute approximate surface area is 118 Å². The van der Waals surface area contributed by atoms with Crippen LogP contribution in [0.25, 0.3) is 0 Å². The maximum absolute atomic E-state index is 12.2. The van der Waals surface area contributed by atoms with Crippen LogP contribution < -0.4 is 11.1 Å². The maximum Gasteiger partial charge on any atom is 0.268 e. The SMILES string of the molecule is CC(C)n1cc(N)cc1C(=O)NCCc1ccncc1. The summed E-state index contributed by atoms with van der Waals surface area (Å²) in [5.74, 6) is -0.0931. The molecule has 2 aromatic rings. The number of rotatable bonds is 5. The van der Waals surface area contributed by atoms with Gasteiger partial charge in [-0.15, -0.1) is 0 Å². The summed E-state index contributed by atoms with van der Waals surface area (Å²) in [5, 5.41) is 2.92. The molecular formula is C15H20N4O. The van der Waals surface area contributed by atoms with Crippen LogP contribution in [-0.2, 0) is 6.42 Å². The summed E-state index contributed by atoms with van der Waals surface area (Å²) in [4.78, 5) is 16.1. The van der Waals surface area contributed by atoms with Crippen LogP contribution in [0.15, 0.2) is 36.8 Å². The van der Waals surface area contributed by atoms with Gasteiger partial charge in [0, 0.05) is 31.2 Å². The first-order valence-corrected chi connectivity index (χ1v) is 6.72. The van der Waals surface area contributed by atoms with Crippen LogP contribution in [0.5, 0.6) is 0 Å². The fourth-order valence-electron chi connectivity index (χ4n) is 2.07. The smallest absolute Gasteiger partial charge is 0.268 e. The molecule has 0 fully saturated rings. The highest BCUT2D eigenvalue weighted by atomic mass is 16.1. The van der Waals surface area contributed by atoms with Gasteiger partial charge >= 0.3 is 0 Å². The summed E-state index contributed by atoms with van der Waals surface area (Å²) in [5.41, 5.74) is 8.13. The zero-order chi connectivity index (χ0) is 14.5. The Morgan fingerprint density at radius 2 is 2.10 bits per heavy atom. The van der Waals surface area contributed by atoms with Gasteiger partial charge in [0.25, 0.3) is 5.91 Å². The van der Waals surface area contributed by atoms with E-state index in [4.69, 9.17) is 5.73 Å². The Kier molecular flexibility index (Phi) is 4.40. The fourth-order valence-corrected chi connectivity index (χ4v) is 2.07. The van der Waals surface area contributed by atoms with Gasteiger partial charge in [-0.1, -0.05) is 0 Å². The Hall–Kier alpha value is -2.30. The number of carbonyl (C=O) groups is 1. The normalized spacial score (nSPS) is 10.8. The first-order chi connectivity index (χ1) is 9.58. The number of pyridine rings is 1. The van der Waals surface area contributed by atoms with Gasteiger partial charge in [-0.05, 0) is 44.0 Å². The highest BCUT2D eigenvalue weighted by Crippen LogP contribution is 2.16. The molecule has 0 atom stereocenters. The second-order valence-electron chi connectivity index (χ2n) is 5.02. The molecule has 0 aromatic carbocycles. The van der Waals surface area contributed by atoms with E-state index in [0.29, 0.717) is 17.9 Å². The molecule has 5 nitrogen and oxygen atoms in total. The number of nitrogen functional groups attached to an aromatic ring is 1.